The highest BCUT2D eigenvalue weighted by Gasteiger charge is 2.27. The van der Waals surface area contributed by atoms with Crippen molar-refractivity contribution in [3.8, 4) is 0 Å². The largest absolute Gasteiger partial charge is 0.364 e. The average molecular weight is 240 g/mol. The molecule has 17 heavy (non-hydrogen) atoms. The van der Waals surface area contributed by atoms with E-state index in [2.05, 4.69) is 12.2 Å². The third-order valence-electron chi connectivity index (χ3n) is 3.78. The summed E-state index contributed by atoms with van der Waals surface area (Å²) in [5.74, 6) is 0.168. The van der Waals surface area contributed by atoms with Gasteiger partial charge in [-0.2, -0.15) is 0 Å². The molecule has 0 aromatic rings. The Morgan fingerprint density at radius 2 is 2.06 bits per heavy atom. The fraction of sp³-hybridized carbons (Fsp3) is 0.923. The molecule has 98 valence electrons. The summed E-state index contributed by atoms with van der Waals surface area (Å²) >= 11 is 0. The summed E-state index contributed by atoms with van der Waals surface area (Å²) in [5, 5.41) is 3.40. The maximum atomic E-state index is 12.1. The van der Waals surface area contributed by atoms with Gasteiger partial charge in [-0.25, -0.2) is 0 Å². The van der Waals surface area contributed by atoms with Gasteiger partial charge in [0.05, 0.1) is 6.10 Å². The highest BCUT2D eigenvalue weighted by atomic mass is 16.5. The molecule has 0 spiro atoms. The van der Waals surface area contributed by atoms with Crippen LogP contribution in [0, 0.1) is 0 Å². The van der Waals surface area contributed by atoms with E-state index in [0.717, 1.165) is 45.3 Å². The van der Waals surface area contributed by atoms with Crippen LogP contribution in [0.3, 0.4) is 0 Å². The van der Waals surface area contributed by atoms with E-state index in [4.69, 9.17) is 4.74 Å². The van der Waals surface area contributed by atoms with Crippen molar-refractivity contribution in [2.24, 2.45) is 0 Å². The first kappa shape index (κ1) is 12.8. The smallest absolute Gasteiger partial charge is 0.251 e. The molecule has 3 unspecified atom stereocenters. The first-order chi connectivity index (χ1) is 8.16. The van der Waals surface area contributed by atoms with Crippen molar-refractivity contribution in [3.63, 3.8) is 0 Å². The molecule has 2 fully saturated rings. The zero-order valence-corrected chi connectivity index (χ0v) is 10.9. The molecule has 1 amide bonds. The normalized spacial score (nSPS) is 31.5. The standard InChI is InChI=1S/C13H24N2O2/c1-10-5-6-12(9-14-10)17-11(2)13(16)15-7-3-4-8-15/h10-12,14H,3-9H2,1-2H3. The van der Waals surface area contributed by atoms with Crippen LogP contribution in [-0.4, -0.2) is 48.7 Å². The number of likely N-dealkylation sites (tertiary alicyclic amines) is 1. The van der Waals surface area contributed by atoms with Gasteiger partial charge < -0.3 is 15.0 Å². The third kappa shape index (κ3) is 3.42. The molecule has 0 aromatic carbocycles. The quantitative estimate of drug-likeness (QED) is 0.804. The molecule has 0 bridgehead atoms. The number of nitrogens with zero attached hydrogens (tertiary/aromatic N) is 1. The van der Waals surface area contributed by atoms with Crippen LogP contribution in [-0.2, 0) is 9.53 Å². The van der Waals surface area contributed by atoms with E-state index in [1.807, 2.05) is 11.8 Å². The van der Waals surface area contributed by atoms with Crippen LogP contribution in [0.4, 0.5) is 0 Å². The van der Waals surface area contributed by atoms with Crippen molar-refractivity contribution in [2.45, 2.75) is 57.8 Å². The number of piperidine rings is 1. The molecule has 3 atom stereocenters. The predicted molar refractivity (Wildman–Crippen MR) is 66.8 cm³/mol. The summed E-state index contributed by atoms with van der Waals surface area (Å²) in [6.45, 7) is 6.77. The first-order valence-corrected chi connectivity index (χ1v) is 6.84. The number of rotatable bonds is 3. The summed E-state index contributed by atoms with van der Waals surface area (Å²) in [5.41, 5.74) is 0. The van der Waals surface area contributed by atoms with Crippen molar-refractivity contribution in [3.05, 3.63) is 0 Å². The van der Waals surface area contributed by atoms with Crippen LogP contribution in [0.25, 0.3) is 0 Å². The lowest BCUT2D eigenvalue weighted by atomic mass is 10.0. The number of nitrogens with one attached hydrogen (secondary N) is 1. The second-order valence-electron chi connectivity index (χ2n) is 5.32. The molecule has 4 nitrogen and oxygen atoms in total. The molecular formula is C13H24N2O2. The minimum absolute atomic E-state index is 0.168. The van der Waals surface area contributed by atoms with Crippen molar-refractivity contribution in [2.75, 3.05) is 19.6 Å². The van der Waals surface area contributed by atoms with Gasteiger partial charge >= 0.3 is 0 Å². The first-order valence-electron chi connectivity index (χ1n) is 6.84. The lowest BCUT2D eigenvalue weighted by Crippen LogP contribution is -2.45. The van der Waals surface area contributed by atoms with E-state index >= 15 is 0 Å². The van der Waals surface area contributed by atoms with Crippen LogP contribution in [0.1, 0.15) is 39.5 Å². The number of hydrogen-bond donors (Lipinski definition) is 1. The molecule has 1 N–H and O–H groups in total. The lowest BCUT2D eigenvalue weighted by Gasteiger charge is -2.30. The van der Waals surface area contributed by atoms with Gasteiger partial charge in [0.25, 0.3) is 5.91 Å². The van der Waals surface area contributed by atoms with Gasteiger partial charge in [-0.05, 0) is 39.5 Å². The lowest BCUT2D eigenvalue weighted by molar-refractivity contribution is -0.145. The Morgan fingerprint density at radius 3 is 2.65 bits per heavy atom. The van der Waals surface area contributed by atoms with Gasteiger partial charge in [0.2, 0.25) is 0 Å². The minimum Gasteiger partial charge on any atom is -0.364 e. The highest BCUT2D eigenvalue weighted by Crippen LogP contribution is 2.15. The van der Waals surface area contributed by atoms with E-state index in [1.54, 1.807) is 0 Å². The molecule has 2 aliphatic heterocycles. The zero-order chi connectivity index (χ0) is 12.3. The third-order valence-corrected chi connectivity index (χ3v) is 3.78. The van der Waals surface area contributed by atoms with Crippen molar-refractivity contribution in [1.82, 2.24) is 10.2 Å². The SMILES string of the molecule is CC1CCC(OC(C)C(=O)N2CCCC2)CN1. The van der Waals surface area contributed by atoms with Gasteiger partial charge in [0, 0.05) is 25.7 Å². The second kappa shape index (κ2) is 5.83. The van der Waals surface area contributed by atoms with Gasteiger partial charge in [0.1, 0.15) is 6.10 Å². The number of ether oxygens (including phenoxy) is 1. The topological polar surface area (TPSA) is 41.6 Å². The zero-order valence-electron chi connectivity index (χ0n) is 10.9. The van der Waals surface area contributed by atoms with Crippen LogP contribution in [0.2, 0.25) is 0 Å². The summed E-state index contributed by atoms with van der Waals surface area (Å²) in [7, 11) is 0. The number of hydrogen-bond acceptors (Lipinski definition) is 3. The van der Waals surface area contributed by atoms with Gasteiger partial charge in [0.15, 0.2) is 0 Å². The molecule has 2 aliphatic rings. The number of carbonyl (C=O) groups excluding carboxylic acids is 1. The van der Waals surface area contributed by atoms with Crippen LogP contribution >= 0.6 is 0 Å². The molecule has 0 aromatic heterocycles. The molecule has 4 heteroatoms. The Morgan fingerprint density at radius 1 is 1.35 bits per heavy atom. The molecule has 2 saturated heterocycles. The molecule has 2 rings (SSSR count). The maximum Gasteiger partial charge on any atom is 0.251 e. The van der Waals surface area contributed by atoms with E-state index in [-0.39, 0.29) is 18.1 Å². The number of amides is 1. The Labute approximate surface area is 104 Å². The number of carbonyl (C=O) groups is 1. The monoisotopic (exact) mass is 240 g/mol. The maximum absolute atomic E-state index is 12.1. The van der Waals surface area contributed by atoms with E-state index in [0.29, 0.717) is 6.04 Å². The summed E-state index contributed by atoms with van der Waals surface area (Å²) in [6, 6.07) is 0.583. The minimum atomic E-state index is -0.284. The Kier molecular flexibility index (Phi) is 4.40. The molecular weight excluding hydrogens is 216 g/mol. The van der Waals surface area contributed by atoms with Crippen molar-refractivity contribution < 1.29 is 9.53 Å². The molecule has 0 aliphatic carbocycles. The van der Waals surface area contributed by atoms with Gasteiger partial charge in [-0.1, -0.05) is 0 Å². The fourth-order valence-electron chi connectivity index (χ4n) is 2.63. The van der Waals surface area contributed by atoms with E-state index in [1.165, 1.54) is 0 Å². The predicted octanol–water partition coefficient (Wildman–Crippen LogP) is 1.15. The molecule has 2 heterocycles. The summed E-state index contributed by atoms with van der Waals surface area (Å²) in [6.07, 6.45) is 4.39. The summed E-state index contributed by atoms with van der Waals surface area (Å²) in [4.78, 5) is 14.0. The average Bonchev–Trinajstić information content (AvgIpc) is 2.84. The Hall–Kier alpha value is -0.610. The summed E-state index contributed by atoms with van der Waals surface area (Å²) < 4.78 is 5.86. The highest BCUT2D eigenvalue weighted by molar-refractivity contribution is 5.80. The van der Waals surface area contributed by atoms with Gasteiger partial charge in [-0.3, -0.25) is 4.79 Å². The molecule has 0 saturated carbocycles. The van der Waals surface area contributed by atoms with Crippen LogP contribution < -0.4 is 5.32 Å². The van der Waals surface area contributed by atoms with E-state index in [9.17, 15) is 4.79 Å². The molecule has 0 radical (unpaired) electrons. The van der Waals surface area contributed by atoms with E-state index < -0.39 is 0 Å². The second-order valence-corrected chi connectivity index (χ2v) is 5.32. The van der Waals surface area contributed by atoms with Crippen molar-refractivity contribution in [1.29, 1.82) is 0 Å². The van der Waals surface area contributed by atoms with Crippen molar-refractivity contribution >= 4 is 5.91 Å². The van der Waals surface area contributed by atoms with Gasteiger partial charge in [-0.15, -0.1) is 0 Å². The van der Waals surface area contributed by atoms with Crippen LogP contribution in [0.5, 0.6) is 0 Å². The Balaban J connectivity index is 1.76. The Bertz CT molecular complexity index is 256. The van der Waals surface area contributed by atoms with Crippen LogP contribution in [0.15, 0.2) is 0 Å². The fourth-order valence-corrected chi connectivity index (χ4v) is 2.63.